The Morgan fingerprint density at radius 3 is 2.52 bits per heavy atom. The van der Waals surface area contributed by atoms with Gasteiger partial charge in [-0.15, -0.1) is 0 Å². The Labute approximate surface area is 238 Å². The van der Waals surface area contributed by atoms with Crippen LogP contribution in [-0.4, -0.2) is 102 Å². The lowest BCUT2D eigenvalue weighted by molar-refractivity contribution is -0.138. The number of amides is 3. The summed E-state index contributed by atoms with van der Waals surface area (Å²) in [4.78, 5) is 59.1. The number of carbonyl (C=O) groups is 4. The highest BCUT2D eigenvalue weighted by atomic mass is 32.1. The highest BCUT2D eigenvalue weighted by Gasteiger charge is 2.52. The SMILES string of the molecule is CC(C)CC(NC(=O)Oc1ccc(-c2ccccc2)s1)C(=O)N1CCC2C1C(=O)CN2C(=O)CN1CCNCC1. The van der Waals surface area contributed by atoms with Gasteiger partial charge in [0.1, 0.15) is 12.1 Å². The molecule has 5 rings (SSSR count). The highest BCUT2D eigenvalue weighted by molar-refractivity contribution is 7.17. The first-order chi connectivity index (χ1) is 19.3. The molecule has 1 aromatic heterocycles. The van der Waals surface area contributed by atoms with E-state index in [1.54, 1.807) is 15.9 Å². The molecule has 214 valence electrons. The van der Waals surface area contributed by atoms with Gasteiger partial charge in [-0.3, -0.25) is 19.3 Å². The fraction of sp³-hybridized carbons (Fsp3) is 0.517. The second-order valence-corrected chi connectivity index (χ2v) is 12.1. The van der Waals surface area contributed by atoms with Crippen molar-refractivity contribution in [1.29, 1.82) is 0 Å². The van der Waals surface area contributed by atoms with E-state index in [1.807, 2.05) is 50.2 Å². The molecule has 3 saturated heterocycles. The van der Waals surface area contributed by atoms with Crippen LogP contribution in [0, 0.1) is 5.92 Å². The molecule has 3 aliphatic rings. The van der Waals surface area contributed by atoms with E-state index in [1.165, 1.54) is 11.3 Å². The second-order valence-electron chi connectivity index (χ2n) is 11.0. The fourth-order valence-corrected chi connectivity index (χ4v) is 6.69. The third-order valence-electron chi connectivity index (χ3n) is 7.72. The summed E-state index contributed by atoms with van der Waals surface area (Å²) in [6.07, 6.45) is 0.245. The average Bonchev–Trinajstić information content (AvgIpc) is 3.66. The van der Waals surface area contributed by atoms with Gasteiger partial charge in [0.2, 0.25) is 11.8 Å². The standard InChI is InChI=1S/C29H37N5O5S/c1-19(2)16-21(31-29(38)39-26-9-8-24(40-26)20-6-4-3-5-7-20)28(37)33-13-10-22-27(33)23(35)17-34(22)25(36)18-32-14-11-30-12-15-32/h3-9,19,21-22,27,30H,10-18H2,1-2H3,(H,31,38). The van der Waals surface area contributed by atoms with E-state index in [9.17, 15) is 19.2 Å². The molecule has 3 unspecified atom stereocenters. The molecule has 1 aromatic carbocycles. The molecule has 3 fully saturated rings. The second kappa shape index (κ2) is 12.5. The van der Waals surface area contributed by atoms with Crippen molar-refractivity contribution in [3.63, 3.8) is 0 Å². The predicted octanol–water partition coefficient (Wildman–Crippen LogP) is 2.20. The molecule has 2 N–H and O–H groups in total. The molecule has 40 heavy (non-hydrogen) atoms. The molecule has 3 atom stereocenters. The molecule has 10 nitrogen and oxygen atoms in total. The number of rotatable bonds is 8. The van der Waals surface area contributed by atoms with Crippen molar-refractivity contribution in [3.8, 4) is 15.5 Å². The minimum Gasteiger partial charge on any atom is -0.399 e. The molecule has 0 saturated carbocycles. The van der Waals surface area contributed by atoms with E-state index < -0.39 is 18.2 Å². The first-order valence-electron chi connectivity index (χ1n) is 14.0. The van der Waals surface area contributed by atoms with Gasteiger partial charge >= 0.3 is 6.09 Å². The maximum absolute atomic E-state index is 13.7. The van der Waals surface area contributed by atoms with Crippen LogP contribution in [0.5, 0.6) is 5.06 Å². The van der Waals surface area contributed by atoms with Crippen molar-refractivity contribution in [2.24, 2.45) is 5.92 Å². The molecule has 0 aliphatic carbocycles. The van der Waals surface area contributed by atoms with E-state index in [0.29, 0.717) is 24.4 Å². The van der Waals surface area contributed by atoms with E-state index in [-0.39, 0.29) is 42.6 Å². The quantitative estimate of drug-likeness (QED) is 0.503. The lowest BCUT2D eigenvalue weighted by atomic mass is 10.0. The van der Waals surface area contributed by atoms with Crippen molar-refractivity contribution in [2.75, 3.05) is 45.8 Å². The Balaban J connectivity index is 1.22. The van der Waals surface area contributed by atoms with Crippen molar-refractivity contribution in [1.82, 2.24) is 25.3 Å². The Hall–Kier alpha value is -3.28. The van der Waals surface area contributed by atoms with Gasteiger partial charge in [0, 0.05) is 37.6 Å². The highest BCUT2D eigenvalue weighted by Crippen LogP contribution is 2.33. The van der Waals surface area contributed by atoms with E-state index in [4.69, 9.17) is 4.74 Å². The van der Waals surface area contributed by atoms with Crippen LogP contribution in [0.15, 0.2) is 42.5 Å². The van der Waals surface area contributed by atoms with Crippen LogP contribution in [0.4, 0.5) is 4.79 Å². The van der Waals surface area contributed by atoms with Gasteiger partial charge in [-0.25, -0.2) is 4.79 Å². The number of hydrogen-bond acceptors (Lipinski definition) is 8. The summed E-state index contributed by atoms with van der Waals surface area (Å²) >= 11 is 1.35. The number of nitrogens with zero attached hydrogens (tertiary/aromatic N) is 3. The van der Waals surface area contributed by atoms with Crippen molar-refractivity contribution in [2.45, 2.75) is 44.8 Å². The fourth-order valence-electron chi connectivity index (χ4n) is 5.83. The first-order valence-corrected chi connectivity index (χ1v) is 14.8. The molecule has 4 heterocycles. The number of Topliss-reactive ketones (excluding diaryl/α,β-unsaturated/α-hetero) is 1. The Bertz CT molecular complexity index is 1230. The number of carbonyl (C=O) groups excluding carboxylic acids is 4. The zero-order valence-corrected chi connectivity index (χ0v) is 23.8. The summed E-state index contributed by atoms with van der Waals surface area (Å²) in [6.45, 7) is 7.90. The molecule has 3 aliphatic heterocycles. The van der Waals surface area contributed by atoms with Crippen molar-refractivity contribution < 1.29 is 23.9 Å². The number of fused-ring (bicyclic) bond motifs is 1. The lowest BCUT2D eigenvalue weighted by Crippen LogP contribution is -2.53. The topological polar surface area (TPSA) is 111 Å². The minimum absolute atomic E-state index is 0.0243. The number of ketones is 1. The number of likely N-dealkylation sites (tertiary alicyclic amines) is 2. The lowest BCUT2D eigenvalue weighted by Gasteiger charge is -2.30. The van der Waals surface area contributed by atoms with Crippen LogP contribution in [0.1, 0.15) is 26.7 Å². The van der Waals surface area contributed by atoms with Crippen molar-refractivity contribution in [3.05, 3.63) is 42.5 Å². The third-order valence-corrected chi connectivity index (χ3v) is 8.74. The van der Waals surface area contributed by atoms with Gasteiger partial charge < -0.3 is 25.2 Å². The molecule has 2 aromatic rings. The maximum Gasteiger partial charge on any atom is 0.414 e. The largest absolute Gasteiger partial charge is 0.414 e. The van der Waals surface area contributed by atoms with E-state index in [0.717, 1.165) is 36.6 Å². The maximum atomic E-state index is 13.7. The number of thiophene rings is 1. The minimum atomic E-state index is -0.835. The van der Waals surface area contributed by atoms with E-state index >= 15 is 0 Å². The van der Waals surface area contributed by atoms with Crippen LogP contribution in [0.3, 0.4) is 0 Å². The third kappa shape index (κ3) is 6.37. The smallest absolute Gasteiger partial charge is 0.399 e. The normalized spacial score (nSPS) is 21.9. The Morgan fingerprint density at radius 2 is 1.80 bits per heavy atom. The van der Waals surface area contributed by atoms with Crippen molar-refractivity contribution >= 4 is 35.0 Å². The number of piperazine rings is 1. The molecule has 0 bridgehead atoms. The molecule has 3 amide bonds. The van der Waals surface area contributed by atoms with Gasteiger partial charge in [0.25, 0.3) is 0 Å². The summed E-state index contributed by atoms with van der Waals surface area (Å²) in [5.41, 5.74) is 1.03. The number of nitrogens with one attached hydrogen (secondary N) is 2. The molecular weight excluding hydrogens is 530 g/mol. The van der Waals surface area contributed by atoms with Crippen LogP contribution in [-0.2, 0) is 14.4 Å². The Morgan fingerprint density at radius 1 is 1.05 bits per heavy atom. The monoisotopic (exact) mass is 567 g/mol. The van der Waals surface area contributed by atoms with Crippen LogP contribution in [0.2, 0.25) is 0 Å². The summed E-state index contributed by atoms with van der Waals surface area (Å²) in [5, 5.41) is 6.46. The van der Waals surface area contributed by atoms with Gasteiger partial charge in [0.05, 0.1) is 19.1 Å². The average molecular weight is 568 g/mol. The van der Waals surface area contributed by atoms with Gasteiger partial charge in [-0.1, -0.05) is 55.5 Å². The molecule has 0 spiro atoms. The van der Waals surface area contributed by atoms with Crippen LogP contribution >= 0.6 is 11.3 Å². The number of benzene rings is 1. The summed E-state index contributed by atoms with van der Waals surface area (Å²) < 4.78 is 5.54. The zero-order chi connectivity index (χ0) is 28.2. The summed E-state index contributed by atoms with van der Waals surface area (Å²) in [6, 6.07) is 11.6. The summed E-state index contributed by atoms with van der Waals surface area (Å²) in [5.74, 6) is -0.375. The van der Waals surface area contributed by atoms with Crippen LogP contribution in [0.25, 0.3) is 10.4 Å². The van der Waals surface area contributed by atoms with Gasteiger partial charge in [0.15, 0.2) is 10.8 Å². The first kappa shape index (κ1) is 28.3. The molecule has 11 heteroatoms. The number of hydrogen-bond donors (Lipinski definition) is 2. The van der Waals surface area contributed by atoms with Crippen LogP contribution < -0.4 is 15.4 Å². The van der Waals surface area contributed by atoms with E-state index in [2.05, 4.69) is 15.5 Å². The predicted molar refractivity (Wildman–Crippen MR) is 152 cm³/mol. The number of ether oxygens (including phenoxy) is 1. The Kier molecular flexibility index (Phi) is 8.82. The molecule has 0 radical (unpaired) electrons. The van der Waals surface area contributed by atoms with Gasteiger partial charge in [-0.05, 0) is 36.5 Å². The zero-order valence-electron chi connectivity index (χ0n) is 23.0. The van der Waals surface area contributed by atoms with Gasteiger partial charge in [-0.2, -0.15) is 0 Å². The summed E-state index contributed by atoms with van der Waals surface area (Å²) in [7, 11) is 0. The molecular formula is C29H37N5O5S.